The Hall–Kier alpha value is -6.56. The van der Waals surface area contributed by atoms with Gasteiger partial charge in [0.2, 0.25) is 0 Å². The van der Waals surface area contributed by atoms with Gasteiger partial charge in [0.25, 0.3) is 6.71 Å². The van der Waals surface area contributed by atoms with Gasteiger partial charge in [-0.2, -0.15) is 0 Å². The third-order valence-corrected chi connectivity index (χ3v) is 22.9. The van der Waals surface area contributed by atoms with E-state index in [1.165, 1.54) is 157 Å². The van der Waals surface area contributed by atoms with E-state index in [-0.39, 0.29) is 44.7 Å². The Labute approximate surface area is 481 Å². The lowest BCUT2D eigenvalue weighted by Crippen LogP contribution is -2.61. The second-order valence-electron chi connectivity index (χ2n) is 29.4. The van der Waals surface area contributed by atoms with Crippen LogP contribution in [-0.2, 0) is 32.5 Å². The summed E-state index contributed by atoms with van der Waals surface area (Å²) in [5.74, 6) is 0. The zero-order valence-electron chi connectivity index (χ0n) is 50.1. The number of benzene rings is 8. The molecular weight excluding hydrogens is 986 g/mol. The zero-order valence-corrected chi connectivity index (χ0v) is 51.0. The van der Waals surface area contributed by atoms with E-state index < -0.39 is 0 Å². The third-order valence-electron chi connectivity index (χ3n) is 21.7. The van der Waals surface area contributed by atoms with Crippen LogP contribution < -0.4 is 31.1 Å². The van der Waals surface area contributed by atoms with Gasteiger partial charge in [0.15, 0.2) is 0 Å². The molecule has 4 heterocycles. The number of hydrogen-bond acceptors (Lipinski definition) is 4. The summed E-state index contributed by atoms with van der Waals surface area (Å²) < 4.78 is 2.67. The number of nitrogens with zero attached hydrogens (tertiary/aromatic N) is 3. The minimum atomic E-state index is -0.217. The van der Waals surface area contributed by atoms with Gasteiger partial charge in [0.05, 0.1) is 5.54 Å². The Bertz CT molecular complexity index is 4200. The lowest BCUT2D eigenvalue weighted by molar-refractivity contribution is 0.195. The van der Waals surface area contributed by atoms with Crippen molar-refractivity contribution in [2.75, 3.05) is 14.7 Å². The van der Waals surface area contributed by atoms with E-state index in [4.69, 9.17) is 0 Å². The minimum absolute atomic E-state index is 0.00130. The number of anilines is 8. The van der Waals surface area contributed by atoms with Crippen molar-refractivity contribution in [1.82, 2.24) is 0 Å². The quantitative estimate of drug-likeness (QED) is 0.163. The molecule has 80 heavy (non-hydrogen) atoms. The number of aryl methyl sites for hydroxylation is 2. The Kier molecular flexibility index (Phi) is 10.2. The molecule has 402 valence electrons. The van der Waals surface area contributed by atoms with Crippen LogP contribution in [0.25, 0.3) is 20.2 Å². The molecule has 0 saturated heterocycles. The van der Waals surface area contributed by atoms with Crippen LogP contribution in [0.15, 0.2) is 140 Å². The molecule has 5 heteroatoms. The summed E-state index contributed by atoms with van der Waals surface area (Å²) >= 11 is 1.90. The first-order valence-electron chi connectivity index (χ1n) is 30.0. The molecule has 1 aromatic heterocycles. The normalized spacial score (nSPS) is 22.1. The fraction of sp³-hybridized carbons (Fsp3) is 0.360. The summed E-state index contributed by atoms with van der Waals surface area (Å²) in [5, 5.41) is 2.66. The Morgan fingerprint density at radius 2 is 1.07 bits per heavy atom. The first-order chi connectivity index (χ1) is 37.8. The second kappa shape index (κ2) is 16.1. The molecule has 9 aromatic rings. The summed E-state index contributed by atoms with van der Waals surface area (Å²) in [6.45, 7) is 36.8. The number of fused-ring (bicyclic) bond motifs is 13. The van der Waals surface area contributed by atoms with E-state index in [1.54, 1.807) is 0 Å². The van der Waals surface area contributed by atoms with Gasteiger partial charge >= 0.3 is 0 Å². The molecule has 3 nitrogen and oxygen atoms in total. The van der Waals surface area contributed by atoms with Crippen LogP contribution in [0.3, 0.4) is 0 Å². The van der Waals surface area contributed by atoms with Crippen LogP contribution in [0, 0.1) is 13.8 Å². The highest BCUT2D eigenvalue weighted by Gasteiger charge is 2.58. The molecule has 0 radical (unpaired) electrons. The third kappa shape index (κ3) is 6.56. The predicted octanol–water partition coefficient (Wildman–Crippen LogP) is 18.7. The molecule has 0 spiro atoms. The average molecular weight is 1060 g/mol. The van der Waals surface area contributed by atoms with E-state index in [0.29, 0.717) is 0 Å². The fourth-order valence-corrected chi connectivity index (χ4v) is 18.6. The second-order valence-corrected chi connectivity index (χ2v) is 30.4. The summed E-state index contributed by atoms with van der Waals surface area (Å²) in [5.41, 5.74) is 28.3. The first kappa shape index (κ1) is 50.4. The molecule has 1 fully saturated rings. The minimum Gasteiger partial charge on any atom is -0.334 e. The van der Waals surface area contributed by atoms with Crippen molar-refractivity contribution in [2.24, 2.45) is 0 Å². The van der Waals surface area contributed by atoms with Crippen molar-refractivity contribution in [1.29, 1.82) is 0 Å². The number of rotatable bonds is 3. The number of hydrogen-bond donors (Lipinski definition) is 0. The fourth-order valence-electron chi connectivity index (χ4n) is 17.5. The van der Waals surface area contributed by atoms with E-state index in [0.717, 1.165) is 12.8 Å². The Balaban J connectivity index is 1.04. The van der Waals surface area contributed by atoms with Gasteiger partial charge < -0.3 is 14.7 Å². The highest BCUT2D eigenvalue weighted by Crippen LogP contribution is 2.62. The van der Waals surface area contributed by atoms with Crippen LogP contribution in [0.2, 0.25) is 0 Å². The van der Waals surface area contributed by atoms with Crippen LogP contribution >= 0.6 is 11.3 Å². The highest BCUT2D eigenvalue weighted by molar-refractivity contribution is 7.25. The van der Waals surface area contributed by atoms with E-state index in [1.807, 2.05) is 11.3 Å². The smallest absolute Gasteiger partial charge is 0.252 e. The van der Waals surface area contributed by atoms with Crippen molar-refractivity contribution in [3.8, 4) is 0 Å². The molecule has 0 bridgehead atoms. The lowest BCUT2D eigenvalue weighted by Gasteiger charge is -2.51. The Morgan fingerprint density at radius 1 is 0.463 bits per heavy atom. The van der Waals surface area contributed by atoms with Gasteiger partial charge in [0, 0.05) is 81.9 Å². The largest absolute Gasteiger partial charge is 0.334 e. The molecular formula is C75H78BN3S. The summed E-state index contributed by atoms with van der Waals surface area (Å²) in [6.07, 6.45) is 5.96. The molecule has 3 aliphatic carbocycles. The van der Waals surface area contributed by atoms with Gasteiger partial charge in [0.1, 0.15) is 0 Å². The molecule has 2 atom stereocenters. The van der Waals surface area contributed by atoms with Crippen LogP contribution in [0.1, 0.15) is 178 Å². The zero-order chi connectivity index (χ0) is 55.7. The van der Waals surface area contributed by atoms with Crippen LogP contribution in [0.5, 0.6) is 0 Å². The number of thiophene rings is 1. The van der Waals surface area contributed by atoms with Crippen molar-refractivity contribution >= 4 is 100 Å². The van der Waals surface area contributed by atoms with E-state index in [9.17, 15) is 0 Å². The molecule has 1 saturated carbocycles. The standard InChI is InChI=1S/C75H78BN3S/c1-44-34-64-68-65(35-44)78(61-42-56-55(36-45(61)2)72(10,11)51-23-17-18-24-52(51)73(56,12)13)62-39-48(79-60-30-26-46(69(3,4)5)37-57(60)74(14)32-20-21-33-75(74,79)15)27-29-58(62)76(68)59-40-53-54(71(8,9)43-70(53,6)7)41-63(59)77(64)47-28-31-67-50(38-47)49-22-16-19-25-66(49)80-67/h16-19,22-31,34-42H,20-21,32-33,43H2,1-15H3. The lowest BCUT2D eigenvalue weighted by atomic mass is 9.33. The SMILES string of the molecule is Cc1cc2c3c(c1)N(c1cc4c(cc1C)C(C)(C)c1ccccc1C4(C)C)c1cc(N4c5ccc(C(C)(C)C)cc5C5(C)CCCCC45C)ccc1B3c1cc3c(cc1N2c1ccc2sc4ccccc4c2c1)C(C)(C)CC3(C)C. The molecule has 6 aliphatic rings. The Morgan fingerprint density at radius 3 is 1.80 bits per heavy atom. The highest BCUT2D eigenvalue weighted by atomic mass is 32.1. The van der Waals surface area contributed by atoms with Gasteiger partial charge in [-0.1, -0.05) is 169 Å². The molecule has 3 aliphatic heterocycles. The van der Waals surface area contributed by atoms with Gasteiger partial charge in [-0.05, 0) is 195 Å². The topological polar surface area (TPSA) is 9.72 Å². The maximum atomic E-state index is 2.82. The summed E-state index contributed by atoms with van der Waals surface area (Å²) in [6, 6.07) is 56.5. The van der Waals surface area contributed by atoms with Gasteiger partial charge in [-0.3, -0.25) is 0 Å². The maximum Gasteiger partial charge on any atom is 0.252 e. The monoisotopic (exact) mass is 1060 g/mol. The van der Waals surface area contributed by atoms with E-state index >= 15 is 0 Å². The van der Waals surface area contributed by atoms with Gasteiger partial charge in [-0.25, -0.2) is 0 Å². The first-order valence-corrected chi connectivity index (χ1v) is 30.9. The van der Waals surface area contributed by atoms with Crippen LogP contribution in [0.4, 0.5) is 45.5 Å². The summed E-state index contributed by atoms with van der Waals surface area (Å²) in [7, 11) is 0. The molecule has 2 unspecified atom stereocenters. The molecule has 0 amide bonds. The van der Waals surface area contributed by atoms with Crippen molar-refractivity contribution in [3.63, 3.8) is 0 Å². The summed E-state index contributed by atoms with van der Waals surface area (Å²) in [4.78, 5) is 8.26. The van der Waals surface area contributed by atoms with Crippen molar-refractivity contribution in [2.45, 2.75) is 174 Å². The van der Waals surface area contributed by atoms with Gasteiger partial charge in [-0.15, -0.1) is 11.3 Å². The molecule has 8 aromatic carbocycles. The molecule has 15 rings (SSSR count). The van der Waals surface area contributed by atoms with E-state index in [2.05, 4.69) is 258 Å². The van der Waals surface area contributed by atoms with Crippen molar-refractivity contribution in [3.05, 3.63) is 195 Å². The predicted molar refractivity (Wildman–Crippen MR) is 346 cm³/mol. The average Bonchev–Trinajstić information content (AvgIpc) is 3.44. The van der Waals surface area contributed by atoms with Crippen molar-refractivity contribution < 1.29 is 0 Å². The maximum absolute atomic E-state index is 2.82. The van der Waals surface area contributed by atoms with Crippen LogP contribution in [-0.4, -0.2) is 12.3 Å². The molecule has 0 N–H and O–H groups in total.